The molecule has 0 radical (unpaired) electrons. The quantitative estimate of drug-likeness (QED) is 0.846. The number of rotatable bonds is 3. The standard InChI is InChI=1S/C12H11Cl2N3O2S/c1-7-10(14)4-9(5-11(7)15)20(18,19)17-12-3-2-8(13)6-16-12/h2-6H,15H2,1H3,(H,16,17). The molecule has 1 aromatic heterocycles. The third-order valence-corrected chi connectivity index (χ3v) is 4.58. The maximum atomic E-state index is 12.2. The summed E-state index contributed by atoms with van der Waals surface area (Å²) in [5, 5.41) is 0.699. The number of hydrogen-bond donors (Lipinski definition) is 2. The molecular weight excluding hydrogens is 321 g/mol. The van der Waals surface area contributed by atoms with Crippen molar-refractivity contribution in [1.29, 1.82) is 0 Å². The Hall–Kier alpha value is -1.50. The lowest BCUT2D eigenvalue weighted by Gasteiger charge is -2.10. The van der Waals surface area contributed by atoms with Gasteiger partial charge in [-0.05, 0) is 36.8 Å². The minimum atomic E-state index is -3.81. The molecule has 0 fully saturated rings. The highest BCUT2D eigenvalue weighted by Gasteiger charge is 2.17. The third kappa shape index (κ3) is 3.15. The van der Waals surface area contributed by atoms with Crippen LogP contribution in [0.15, 0.2) is 35.4 Å². The fraction of sp³-hybridized carbons (Fsp3) is 0.0833. The molecule has 0 saturated heterocycles. The zero-order valence-corrected chi connectivity index (χ0v) is 12.7. The largest absolute Gasteiger partial charge is 0.398 e. The zero-order valence-electron chi connectivity index (χ0n) is 10.4. The van der Waals surface area contributed by atoms with E-state index in [0.717, 1.165) is 0 Å². The number of sulfonamides is 1. The Labute approximate surface area is 126 Å². The van der Waals surface area contributed by atoms with Crippen molar-refractivity contribution in [3.63, 3.8) is 0 Å². The van der Waals surface area contributed by atoms with Crippen LogP contribution in [0.3, 0.4) is 0 Å². The van der Waals surface area contributed by atoms with Crippen LogP contribution < -0.4 is 10.5 Å². The van der Waals surface area contributed by atoms with Crippen LogP contribution in [0.5, 0.6) is 0 Å². The molecule has 2 rings (SSSR count). The van der Waals surface area contributed by atoms with Gasteiger partial charge in [0.2, 0.25) is 0 Å². The molecular formula is C12H11Cl2N3O2S. The molecule has 0 unspecified atom stereocenters. The number of benzene rings is 1. The second-order valence-corrected chi connectivity index (χ2v) is 6.61. The van der Waals surface area contributed by atoms with E-state index in [0.29, 0.717) is 16.3 Å². The normalized spacial score (nSPS) is 11.3. The monoisotopic (exact) mass is 331 g/mol. The van der Waals surface area contributed by atoms with E-state index in [2.05, 4.69) is 9.71 Å². The van der Waals surface area contributed by atoms with Gasteiger partial charge >= 0.3 is 0 Å². The van der Waals surface area contributed by atoms with Crippen molar-refractivity contribution in [1.82, 2.24) is 4.98 Å². The summed E-state index contributed by atoms with van der Waals surface area (Å²) in [6.45, 7) is 1.71. The Bertz CT molecular complexity index is 723. The van der Waals surface area contributed by atoms with Crippen molar-refractivity contribution >= 4 is 44.7 Å². The first-order valence-electron chi connectivity index (χ1n) is 5.49. The number of nitrogens with one attached hydrogen (secondary N) is 1. The molecule has 8 heteroatoms. The molecule has 5 nitrogen and oxygen atoms in total. The molecule has 106 valence electrons. The van der Waals surface area contributed by atoms with Gasteiger partial charge in [-0.3, -0.25) is 4.72 Å². The predicted molar refractivity (Wildman–Crippen MR) is 80.7 cm³/mol. The molecule has 1 heterocycles. The van der Waals surface area contributed by atoms with Gasteiger partial charge in [0.15, 0.2) is 0 Å². The summed E-state index contributed by atoms with van der Waals surface area (Å²) in [5.41, 5.74) is 6.66. The van der Waals surface area contributed by atoms with Crippen molar-refractivity contribution in [2.24, 2.45) is 0 Å². The number of halogens is 2. The lowest BCUT2D eigenvalue weighted by Crippen LogP contribution is -2.14. The number of nitrogen functional groups attached to an aromatic ring is 1. The first-order valence-corrected chi connectivity index (χ1v) is 7.73. The van der Waals surface area contributed by atoms with Crippen LogP contribution in [0, 0.1) is 6.92 Å². The summed E-state index contributed by atoms with van der Waals surface area (Å²) in [7, 11) is -3.81. The number of anilines is 2. The maximum absolute atomic E-state index is 12.2. The van der Waals surface area contributed by atoms with Gasteiger partial charge in [-0.2, -0.15) is 0 Å². The smallest absolute Gasteiger partial charge is 0.263 e. The Kier molecular flexibility index (Phi) is 4.08. The second-order valence-electron chi connectivity index (χ2n) is 4.09. The molecule has 0 bridgehead atoms. The summed E-state index contributed by atoms with van der Waals surface area (Å²) < 4.78 is 26.7. The molecule has 3 N–H and O–H groups in total. The second kappa shape index (κ2) is 5.47. The first kappa shape index (κ1) is 14.9. The molecule has 0 aliphatic carbocycles. The average Bonchev–Trinajstić information content (AvgIpc) is 2.38. The number of hydrogen-bond acceptors (Lipinski definition) is 4. The van der Waals surface area contributed by atoms with Gasteiger partial charge in [0, 0.05) is 16.9 Å². The number of aromatic nitrogens is 1. The highest BCUT2D eigenvalue weighted by atomic mass is 35.5. The van der Waals surface area contributed by atoms with Crippen molar-refractivity contribution in [3.8, 4) is 0 Å². The predicted octanol–water partition coefficient (Wildman–Crippen LogP) is 3.08. The SMILES string of the molecule is Cc1c(N)cc(S(=O)(=O)Nc2ccc(Cl)cn2)cc1Cl. The fourth-order valence-electron chi connectivity index (χ4n) is 1.46. The van der Waals surface area contributed by atoms with E-state index < -0.39 is 10.0 Å². The van der Waals surface area contributed by atoms with E-state index in [9.17, 15) is 8.42 Å². The van der Waals surface area contributed by atoms with Gasteiger partial charge in [-0.1, -0.05) is 23.2 Å². The van der Waals surface area contributed by atoms with Crippen LogP contribution >= 0.6 is 23.2 Å². The van der Waals surface area contributed by atoms with Gasteiger partial charge in [0.1, 0.15) is 5.82 Å². The number of pyridine rings is 1. The van der Waals surface area contributed by atoms with E-state index in [1.54, 1.807) is 6.92 Å². The summed E-state index contributed by atoms with van der Waals surface area (Å²) >= 11 is 11.6. The summed E-state index contributed by atoms with van der Waals surface area (Å²) in [4.78, 5) is 3.84. The fourth-order valence-corrected chi connectivity index (χ4v) is 2.93. The average molecular weight is 332 g/mol. The van der Waals surface area contributed by atoms with Crippen molar-refractivity contribution in [3.05, 3.63) is 46.1 Å². The number of nitrogens with zero attached hydrogens (tertiary/aromatic N) is 1. The van der Waals surface area contributed by atoms with Crippen molar-refractivity contribution in [2.45, 2.75) is 11.8 Å². The summed E-state index contributed by atoms with van der Waals surface area (Å²) in [6.07, 6.45) is 1.34. The Morgan fingerprint density at radius 2 is 1.95 bits per heavy atom. The molecule has 20 heavy (non-hydrogen) atoms. The van der Waals surface area contributed by atoms with Crippen molar-refractivity contribution in [2.75, 3.05) is 10.5 Å². The number of nitrogens with two attached hydrogens (primary N) is 1. The molecule has 0 aliphatic heterocycles. The third-order valence-electron chi connectivity index (χ3n) is 2.63. The van der Waals surface area contributed by atoms with Gasteiger partial charge in [0.05, 0.1) is 9.92 Å². The lowest BCUT2D eigenvalue weighted by atomic mass is 10.2. The van der Waals surface area contributed by atoms with E-state index in [4.69, 9.17) is 28.9 Å². The highest BCUT2D eigenvalue weighted by Crippen LogP contribution is 2.27. The van der Waals surface area contributed by atoms with Crippen LogP contribution in [0.2, 0.25) is 10.0 Å². The molecule has 0 aliphatic rings. The Morgan fingerprint density at radius 3 is 2.50 bits per heavy atom. The van der Waals surface area contributed by atoms with E-state index in [1.165, 1.54) is 30.5 Å². The highest BCUT2D eigenvalue weighted by molar-refractivity contribution is 7.92. The summed E-state index contributed by atoms with van der Waals surface area (Å²) in [5.74, 6) is 0.157. The Morgan fingerprint density at radius 1 is 1.25 bits per heavy atom. The topological polar surface area (TPSA) is 85.1 Å². The lowest BCUT2D eigenvalue weighted by molar-refractivity contribution is 0.601. The van der Waals surface area contributed by atoms with Crippen LogP contribution in [-0.4, -0.2) is 13.4 Å². The van der Waals surface area contributed by atoms with Crippen LogP contribution in [0.25, 0.3) is 0 Å². The zero-order chi connectivity index (χ0) is 14.9. The molecule has 0 atom stereocenters. The van der Waals surface area contributed by atoms with Crippen LogP contribution in [0.1, 0.15) is 5.56 Å². The summed E-state index contributed by atoms with van der Waals surface area (Å²) in [6, 6.07) is 5.67. The van der Waals surface area contributed by atoms with Crippen molar-refractivity contribution < 1.29 is 8.42 Å². The molecule has 0 saturated carbocycles. The first-order chi connectivity index (χ1) is 9.29. The van der Waals surface area contributed by atoms with Gasteiger partial charge in [-0.25, -0.2) is 13.4 Å². The molecule has 0 amide bonds. The molecule has 2 aromatic rings. The van der Waals surface area contributed by atoms with Gasteiger partial charge in [0.25, 0.3) is 10.0 Å². The maximum Gasteiger partial charge on any atom is 0.263 e. The van der Waals surface area contributed by atoms with Crippen LogP contribution in [0.4, 0.5) is 11.5 Å². The Balaban J connectivity index is 2.38. The van der Waals surface area contributed by atoms with E-state index >= 15 is 0 Å². The molecule has 1 aromatic carbocycles. The van der Waals surface area contributed by atoms with Crippen LogP contribution in [-0.2, 0) is 10.0 Å². The van der Waals surface area contributed by atoms with Gasteiger partial charge in [-0.15, -0.1) is 0 Å². The van der Waals surface area contributed by atoms with E-state index in [-0.39, 0.29) is 15.7 Å². The minimum Gasteiger partial charge on any atom is -0.398 e. The van der Waals surface area contributed by atoms with E-state index in [1.807, 2.05) is 0 Å². The van der Waals surface area contributed by atoms with Gasteiger partial charge < -0.3 is 5.73 Å². The minimum absolute atomic E-state index is 0.0256. The molecule has 0 spiro atoms.